The zero-order chi connectivity index (χ0) is 32.3. The van der Waals surface area contributed by atoms with Crippen LogP contribution in [0.1, 0.15) is 58.7 Å². The first-order valence-electron chi connectivity index (χ1n) is 16.3. The number of fused-ring (bicyclic) bond motifs is 4. The van der Waals surface area contributed by atoms with Crippen LogP contribution in [-0.4, -0.2) is 81.4 Å². The maximum absolute atomic E-state index is 16.9. The number of hydrogen-bond acceptors (Lipinski definition) is 7. The number of hydrogen-bond donors (Lipinski definition) is 1. The smallest absolute Gasteiger partial charge is 0.410 e. The highest BCUT2D eigenvalue weighted by Crippen LogP contribution is 2.43. The number of anilines is 1. The minimum absolute atomic E-state index is 0.0346. The monoisotopic (exact) mass is 645 g/mol. The standard InChI is InChI=1S/C36H41ClFN5O3/c1-36(2,3)46-35(45)43-23-11-12-24(43)20-42(19-23)34-28-18-29(37)31(27-17-25(44)16-21-8-5-6-10-26(21)27)32(38)33(28)39-30(40-34)14-13-22-9-7-15-41(22)4/h5-6,8,10,16-18,22-24,44H,7,9,11-15,19-20H2,1-4H3/t22-,23?,24?/m1/s1. The average Bonchev–Trinajstić information content (AvgIpc) is 3.53. The van der Waals surface area contributed by atoms with Crippen LogP contribution in [0.5, 0.6) is 5.75 Å². The molecule has 2 bridgehead atoms. The first-order valence-corrected chi connectivity index (χ1v) is 16.7. The Labute approximate surface area is 274 Å². The number of aryl methyl sites for hydroxylation is 1. The summed E-state index contributed by atoms with van der Waals surface area (Å²) >= 11 is 6.93. The Morgan fingerprint density at radius 3 is 2.50 bits per heavy atom. The number of ether oxygens (including phenoxy) is 1. The molecule has 2 unspecified atom stereocenters. The zero-order valence-corrected chi connectivity index (χ0v) is 27.6. The van der Waals surface area contributed by atoms with Crippen molar-refractivity contribution in [2.75, 3.05) is 31.6 Å². The fourth-order valence-electron chi connectivity index (χ4n) is 7.65. The van der Waals surface area contributed by atoms with Gasteiger partial charge in [-0.15, -0.1) is 0 Å². The molecule has 8 nitrogen and oxygen atoms in total. The first kappa shape index (κ1) is 30.9. The molecule has 3 fully saturated rings. The lowest BCUT2D eigenvalue weighted by molar-refractivity contribution is 0.0123. The van der Waals surface area contributed by atoms with Crippen LogP contribution < -0.4 is 4.90 Å². The van der Waals surface area contributed by atoms with Crippen LogP contribution in [0, 0.1) is 5.82 Å². The molecule has 0 spiro atoms. The molecule has 242 valence electrons. The second-order valence-electron chi connectivity index (χ2n) is 14.1. The summed E-state index contributed by atoms with van der Waals surface area (Å²) in [6, 6.07) is 12.9. The van der Waals surface area contributed by atoms with Gasteiger partial charge >= 0.3 is 6.09 Å². The maximum Gasteiger partial charge on any atom is 0.410 e. The Morgan fingerprint density at radius 2 is 1.80 bits per heavy atom. The number of halogens is 2. The minimum atomic E-state index is -0.578. The number of nitrogens with zero attached hydrogens (tertiary/aromatic N) is 5. The number of likely N-dealkylation sites (tertiary alicyclic amines) is 1. The van der Waals surface area contributed by atoms with Crippen LogP contribution in [0.3, 0.4) is 0 Å². The van der Waals surface area contributed by atoms with E-state index in [1.165, 1.54) is 6.42 Å². The molecule has 1 amide bonds. The number of aromatic hydroxyl groups is 1. The van der Waals surface area contributed by atoms with Gasteiger partial charge in [0.25, 0.3) is 0 Å². The average molecular weight is 646 g/mol. The summed E-state index contributed by atoms with van der Waals surface area (Å²) < 4.78 is 22.7. The quantitative estimate of drug-likeness (QED) is 0.240. The predicted molar refractivity (Wildman–Crippen MR) is 180 cm³/mol. The van der Waals surface area contributed by atoms with Gasteiger partial charge < -0.3 is 19.6 Å². The van der Waals surface area contributed by atoms with E-state index in [-0.39, 0.29) is 40.0 Å². The molecule has 10 heteroatoms. The summed E-state index contributed by atoms with van der Waals surface area (Å²) in [5.41, 5.74) is 0.361. The van der Waals surface area contributed by atoms with Crippen molar-refractivity contribution in [1.82, 2.24) is 19.8 Å². The van der Waals surface area contributed by atoms with Gasteiger partial charge in [0.15, 0.2) is 5.82 Å². The Kier molecular flexibility index (Phi) is 7.96. The molecule has 0 radical (unpaired) electrons. The van der Waals surface area contributed by atoms with E-state index < -0.39 is 11.4 Å². The second-order valence-corrected chi connectivity index (χ2v) is 14.5. The fraction of sp³-hybridized carbons (Fsp3) is 0.472. The number of rotatable bonds is 5. The van der Waals surface area contributed by atoms with E-state index >= 15 is 4.39 Å². The normalized spacial score (nSPS) is 21.9. The molecule has 1 N–H and O–H groups in total. The van der Waals surface area contributed by atoms with Crippen molar-refractivity contribution < 1.29 is 19.0 Å². The van der Waals surface area contributed by atoms with E-state index in [1.54, 1.807) is 18.2 Å². The highest BCUT2D eigenvalue weighted by Gasteiger charge is 2.45. The number of piperazine rings is 1. The summed E-state index contributed by atoms with van der Waals surface area (Å²) in [6.45, 7) is 7.84. The molecule has 0 aliphatic carbocycles. The number of aromatic nitrogens is 2. The Hall–Kier alpha value is -3.69. The molecule has 3 aromatic carbocycles. The number of phenols is 1. The lowest BCUT2D eigenvalue weighted by Crippen LogP contribution is -2.57. The van der Waals surface area contributed by atoms with Gasteiger partial charge in [0.1, 0.15) is 28.5 Å². The molecule has 3 aliphatic heterocycles. The molecule has 0 saturated carbocycles. The zero-order valence-electron chi connectivity index (χ0n) is 26.9. The van der Waals surface area contributed by atoms with Crippen molar-refractivity contribution in [2.24, 2.45) is 0 Å². The molecule has 4 aromatic rings. The Bertz CT molecular complexity index is 1810. The van der Waals surface area contributed by atoms with Crippen molar-refractivity contribution in [3.05, 3.63) is 59.1 Å². The van der Waals surface area contributed by atoms with Crippen LogP contribution in [0.15, 0.2) is 42.5 Å². The number of phenolic OH excluding ortho intramolecular Hbond substituents is 1. The van der Waals surface area contributed by atoms with Gasteiger partial charge in [-0.25, -0.2) is 19.2 Å². The van der Waals surface area contributed by atoms with Gasteiger partial charge in [-0.05, 0) is 101 Å². The molecule has 3 saturated heterocycles. The second kappa shape index (κ2) is 11.8. The molecule has 1 aromatic heterocycles. The van der Waals surface area contributed by atoms with E-state index in [0.717, 1.165) is 43.0 Å². The van der Waals surface area contributed by atoms with Crippen molar-refractivity contribution in [2.45, 2.75) is 83.0 Å². The number of carbonyl (C=O) groups is 1. The molecule has 4 heterocycles. The van der Waals surface area contributed by atoms with Crippen molar-refractivity contribution >= 4 is 45.2 Å². The lowest BCUT2D eigenvalue weighted by atomic mass is 9.96. The molecule has 3 aliphatic rings. The lowest BCUT2D eigenvalue weighted by Gasteiger charge is -2.42. The summed E-state index contributed by atoms with van der Waals surface area (Å²) in [6.07, 6.45) is 5.26. The molecular weight excluding hydrogens is 605 g/mol. The summed E-state index contributed by atoms with van der Waals surface area (Å²) in [7, 11) is 2.15. The number of benzene rings is 3. The summed E-state index contributed by atoms with van der Waals surface area (Å²) in [4.78, 5) is 29.5. The molecule has 7 rings (SSSR count). The molecule has 3 atom stereocenters. The van der Waals surface area contributed by atoms with E-state index in [0.29, 0.717) is 48.1 Å². The summed E-state index contributed by atoms with van der Waals surface area (Å²) in [5, 5.41) is 12.9. The minimum Gasteiger partial charge on any atom is -0.508 e. The van der Waals surface area contributed by atoms with Crippen LogP contribution >= 0.6 is 11.6 Å². The number of carbonyl (C=O) groups excluding carboxylic acids is 1. The van der Waals surface area contributed by atoms with Gasteiger partial charge in [-0.2, -0.15) is 0 Å². The van der Waals surface area contributed by atoms with Crippen LogP contribution in [0.4, 0.5) is 15.0 Å². The van der Waals surface area contributed by atoms with E-state index in [4.69, 9.17) is 26.3 Å². The maximum atomic E-state index is 16.9. The Morgan fingerprint density at radius 1 is 1.07 bits per heavy atom. The number of amides is 1. The van der Waals surface area contributed by atoms with Crippen molar-refractivity contribution in [3.63, 3.8) is 0 Å². The highest BCUT2D eigenvalue weighted by atomic mass is 35.5. The van der Waals surface area contributed by atoms with Crippen LogP contribution in [0.2, 0.25) is 5.02 Å². The fourth-order valence-corrected chi connectivity index (χ4v) is 7.95. The topological polar surface area (TPSA) is 82.0 Å². The van der Waals surface area contributed by atoms with E-state index in [9.17, 15) is 9.90 Å². The largest absolute Gasteiger partial charge is 0.508 e. The van der Waals surface area contributed by atoms with Crippen molar-refractivity contribution in [1.29, 1.82) is 0 Å². The van der Waals surface area contributed by atoms with Gasteiger partial charge in [0.2, 0.25) is 0 Å². The van der Waals surface area contributed by atoms with Gasteiger partial charge in [0.05, 0.1) is 17.1 Å². The molecular formula is C36H41ClFN5O3. The van der Waals surface area contributed by atoms with Gasteiger partial charge in [-0.1, -0.05) is 35.9 Å². The predicted octanol–water partition coefficient (Wildman–Crippen LogP) is 7.56. The van der Waals surface area contributed by atoms with E-state index in [2.05, 4.69) is 16.8 Å². The SMILES string of the molecule is CN1CCC[C@@H]1CCc1nc(N2CC3CCC(C2)N3C(=O)OC(C)(C)C)c2cc(Cl)c(-c3cc(O)cc4ccccc34)c(F)c2n1. The van der Waals surface area contributed by atoms with E-state index in [1.807, 2.05) is 49.9 Å². The third-order valence-corrected chi connectivity index (χ3v) is 10.1. The highest BCUT2D eigenvalue weighted by molar-refractivity contribution is 6.35. The summed E-state index contributed by atoms with van der Waals surface area (Å²) in [5.74, 6) is 0.745. The first-order chi connectivity index (χ1) is 22.0. The van der Waals surface area contributed by atoms with Crippen LogP contribution in [0.25, 0.3) is 32.8 Å². The molecule has 46 heavy (non-hydrogen) atoms. The van der Waals surface area contributed by atoms with Crippen LogP contribution in [-0.2, 0) is 11.2 Å². The van der Waals surface area contributed by atoms with Gasteiger partial charge in [0, 0.05) is 36.5 Å². The van der Waals surface area contributed by atoms with Crippen molar-refractivity contribution in [3.8, 4) is 16.9 Å². The van der Waals surface area contributed by atoms with Gasteiger partial charge in [-0.3, -0.25) is 4.90 Å². The Balaban J connectivity index is 1.32. The third kappa shape index (κ3) is 5.72. The third-order valence-electron chi connectivity index (χ3n) is 9.78.